The monoisotopic (exact) mass is 206 g/mol. The molecule has 1 aromatic carbocycles. The predicted molar refractivity (Wildman–Crippen MR) is 66.9 cm³/mol. The fourth-order valence-corrected chi connectivity index (χ4v) is 1.60. The molecule has 0 aromatic heterocycles. The van der Waals surface area contributed by atoms with Crippen molar-refractivity contribution in [2.24, 2.45) is 0 Å². The van der Waals surface area contributed by atoms with E-state index in [0.717, 1.165) is 18.7 Å². The van der Waals surface area contributed by atoms with Crippen molar-refractivity contribution in [1.82, 2.24) is 5.32 Å². The molecule has 0 saturated heterocycles. The number of hydrogen-bond acceptors (Lipinski definition) is 2. The summed E-state index contributed by atoms with van der Waals surface area (Å²) in [5, 5.41) is 3.52. The maximum atomic E-state index is 5.64. The average Bonchev–Trinajstić information content (AvgIpc) is 2.22. The lowest BCUT2D eigenvalue weighted by atomic mass is 10.1. The third kappa shape index (κ3) is 4.84. The van der Waals surface area contributed by atoms with Crippen molar-refractivity contribution in [3.05, 3.63) is 29.8 Å². The van der Waals surface area contributed by atoms with Crippen LogP contribution in [-0.2, 0) is 6.42 Å². The number of rotatable bonds is 6. The number of hydrogen-bond donors (Lipinski definition) is 2. The zero-order valence-electron chi connectivity index (χ0n) is 9.79. The number of nitrogens with two attached hydrogens (primary N) is 1. The maximum Gasteiger partial charge on any atom is 0.0314 e. The topological polar surface area (TPSA) is 38.0 Å². The normalized spacial score (nSPS) is 12.7. The quantitative estimate of drug-likeness (QED) is 0.554. The highest BCUT2D eigenvalue weighted by molar-refractivity contribution is 5.39. The Morgan fingerprint density at radius 3 is 2.53 bits per heavy atom. The lowest BCUT2D eigenvalue weighted by Gasteiger charge is -2.13. The molecular formula is C13H22N2. The van der Waals surface area contributed by atoms with Gasteiger partial charge in [0, 0.05) is 11.7 Å². The second kappa shape index (κ2) is 6.46. The summed E-state index contributed by atoms with van der Waals surface area (Å²) < 4.78 is 0. The fourth-order valence-electron chi connectivity index (χ4n) is 1.60. The molecule has 0 fully saturated rings. The van der Waals surface area contributed by atoms with Gasteiger partial charge in [0.1, 0.15) is 0 Å². The van der Waals surface area contributed by atoms with Crippen LogP contribution in [-0.4, -0.2) is 12.6 Å². The number of benzene rings is 1. The van der Waals surface area contributed by atoms with E-state index in [4.69, 9.17) is 5.73 Å². The van der Waals surface area contributed by atoms with Gasteiger partial charge in [-0.05, 0) is 44.0 Å². The highest BCUT2D eigenvalue weighted by atomic mass is 14.9. The standard InChI is InChI=1S/C13H22N2/c1-3-4-9-15-11(2)10-12-5-7-13(14)8-6-12/h5-8,11,15H,3-4,9-10,14H2,1-2H3. The third-order valence-electron chi connectivity index (χ3n) is 2.54. The van der Waals surface area contributed by atoms with Gasteiger partial charge in [-0.1, -0.05) is 25.5 Å². The van der Waals surface area contributed by atoms with Gasteiger partial charge in [0.25, 0.3) is 0 Å². The van der Waals surface area contributed by atoms with Crippen LogP contribution in [0.25, 0.3) is 0 Å². The fraction of sp³-hybridized carbons (Fsp3) is 0.538. The van der Waals surface area contributed by atoms with Crippen LogP contribution in [0.5, 0.6) is 0 Å². The summed E-state index contributed by atoms with van der Waals surface area (Å²) in [6.07, 6.45) is 3.58. The molecule has 0 aliphatic rings. The van der Waals surface area contributed by atoms with Crippen molar-refractivity contribution in [3.8, 4) is 0 Å². The number of unbranched alkanes of at least 4 members (excludes halogenated alkanes) is 1. The van der Waals surface area contributed by atoms with Gasteiger partial charge in [0.2, 0.25) is 0 Å². The van der Waals surface area contributed by atoms with E-state index in [1.54, 1.807) is 0 Å². The molecule has 84 valence electrons. The molecule has 3 N–H and O–H groups in total. The van der Waals surface area contributed by atoms with E-state index < -0.39 is 0 Å². The third-order valence-corrected chi connectivity index (χ3v) is 2.54. The second-order valence-electron chi connectivity index (χ2n) is 4.15. The van der Waals surface area contributed by atoms with E-state index in [1.165, 1.54) is 18.4 Å². The maximum absolute atomic E-state index is 5.64. The summed E-state index contributed by atoms with van der Waals surface area (Å²) in [7, 11) is 0. The highest BCUT2D eigenvalue weighted by Crippen LogP contribution is 2.07. The second-order valence-corrected chi connectivity index (χ2v) is 4.15. The highest BCUT2D eigenvalue weighted by Gasteiger charge is 2.01. The van der Waals surface area contributed by atoms with Crippen LogP contribution in [0.1, 0.15) is 32.3 Å². The summed E-state index contributed by atoms with van der Waals surface area (Å²) >= 11 is 0. The van der Waals surface area contributed by atoms with Gasteiger partial charge in [-0.3, -0.25) is 0 Å². The van der Waals surface area contributed by atoms with Gasteiger partial charge in [-0.25, -0.2) is 0 Å². The first-order valence-corrected chi connectivity index (χ1v) is 5.80. The first-order chi connectivity index (χ1) is 7.22. The minimum absolute atomic E-state index is 0.542. The zero-order chi connectivity index (χ0) is 11.1. The summed E-state index contributed by atoms with van der Waals surface area (Å²) in [4.78, 5) is 0. The van der Waals surface area contributed by atoms with Crippen LogP contribution >= 0.6 is 0 Å². The summed E-state index contributed by atoms with van der Waals surface area (Å²) in [6.45, 7) is 5.56. The lowest BCUT2D eigenvalue weighted by molar-refractivity contribution is 0.531. The Morgan fingerprint density at radius 1 is 1.27 bits per heavy atom. The van der Waals surface area contributed by atoms with Gasteiger partial charge in [-0.15, -0.1) is 0 Å². The summed E-state index contributed by atoms with van der Waals surface area (Å²) in [5.74, 6) is 0. The van der Waals surface area contributed by atoms with Gasteiger partial charge >= 0.3 is 0 Å². The van der Waals surface area contributed by atoms with E-state index in [0.29, 0.717) is 6.04 Å². The summed E-state index contributed by atoms with van der Waals surface area (Å²) in [6, 6.07) is 8.68. The van der Waals surface area contributed by atoms with Gasteiger partial charge in [-0.2, -0.15) is 0 Å². The van der Waals surface area contributed by atoms with Crippen molar-refractivity contribution in [1.29, 1.82) is 0 Å². The van der Waals surface area contributed by atoms with Gasteiger partial charge in [0.05, 0.1) is 0 Å². The average molecular weight is 206 g/mol. The Balaban J connectivity index is 2.31. The van der Waals surface area contributed by atoms with Crippen LogP contribution in [0.15, 0.2) is 24.3 Å². The molecule has 2 nitrogen and oxygen atoms in total. The number of anilines is 1. The van der Waals surface area contributed by atoms with E-state index in [-0.39, 0.29) is 0 Å². The zero-order valence-corrected chi connectivity index (χ0v) is 9.79. The Kier molecular flexibility index (Phi) is 5.19. The Morgan fingerprint density at radius 2 is 1.93 bits per heavy atom. The molecule has 1 rings (SSSR count). The first kappa shape index (κ1) is 12.1. The molecule has 2 heteroatoms. The predicted octanol–water partition coefficient (Wildman–Crippen LogP) is 2.59. The Hall–Kier alpha value is -1.02. The SMILES string of the molecule is CCCCNC(C)Cc1ccc(N)cc1. The first-order valence-electron chi connectivity index (χ1n) is 5.80. The molecule has 0 bridgehead atoms. The molecule has 0 spiro atoms. The Bertz CT molecular complexity index is 266. The lowest BCUT2D eigenvalue weighted by Crippen LogP contribution is -2.28. The van der Waals surface area contributed by atoms with E-state index in [9.17, 15) is 0 Å². The van der Waals surface area contributed by atoms with Crippen LogP contribution in [0.4, 0.5) is 5.69 Å². The number of nitrogen functional groups attached to an aromatic ring is 1. The van der Waals surface area contributed by atoms with Crippen LogP contribution in [0.2, 0.25) is 0 Å². The van der Waals surface area contributed by atoms with Crippen molar-refractivity contribution in [2.45, 2.75) is 39.2 Å². The van der Waals surface area contributed by atoms with Crippen LogP contribution < -0.4 is 11.1 Å². The molecule has 0 amide bonds. The minimum Gasteiger partial charge on any atom is -0.399 e. The van der Waals surface area contributed by atoms with Crippen LogP contribution in [0, 0.1) is 0 Å². The molecule has 1 aromatic rings. The van der Waals surface area contributed by atoms with Gasteiger partial charge in [0.15, 0.2) is 0 Å². The molecule has 0 heterocycles. The van der Waals surface area contributed by atoms with Gasteiger partial charge < -0.3 is 11.1 Å². The van der Waals surface area contributed by atoms with Crippen molar-refractivity contribution in [3.63, 3.8) is 0 Å². The smallest absolute Gasteiger partial charge is 0.0314 e. The van der Waals surface area contributed by atoms with E-state index >= 15 is 0 Å². The molecule has 0 aliphatic heterocycles. The van der Waals surface area contributed by atoms with Crippen molar-refractivity contribution < 1.29 is 0 Å². The van der Waals surface area contributed by atoms with Crippen LogP contribution in [0.3, 0.4) is 0 Å². The molecule has 1 unspecified atom stereocenters. The molecule has 0 saturated carbocycles. The molecular weight excluding hydrogens is 184 g/mol. The molecule has 15 heavy (non-hydrogen) atoms. The molecule has 0 aliphatic carbocycles. The summed E-state index contributed by atoms with van der Waals surface area (Å²) in [5.41, 5.74) is 7.83. The molecule has 1 atom stereocenters. The molecule has 0 radical (unpaired) electrons. The van der Waals surface area contributed by atoms with Crippen molar-refractivity contribution in [2.75, 3.05) is 12.3 Å². The Labute approximate surface area is 92.9 Å². The number of nitrogens with one attached hydrogen (secondary N) is 1. The van der Waals surface area contributed by atoms with E-state index in [1.807, 2.05) is 12.1 Å². The van der Waals surface area contributed by atoms with Crippen molar-refractivity contribution >= 4 is 5.69 Å². The van der Waals surface area contributed by atoms with E-state index in [2.05, 4.69) is 31.3 Å². The minimum atomic E-state index is 0.542. The largest absolute Gasteiger partial charge is 0.399 e.